The van der Waals surface area contributed by atoms with Crippen LogP contribution in [0, 0.1) is 19.8 Å². The van der Waals surface area contributed by atoms with Gasteiger partial charge >= 0.3 is 5.97 Å². The maximum absolute atomic E-state index is 11.8. The molecule has 1 aliphatic rings. The van der Waals surface area contributed by atoms with Gasteiger partial charge in [0.25, 0.3) is 5.91 Å². The number of hydrogen-bond acceptors (Lipinski definition) is 3. The van der Waals surface area contributed by atoms with E-state index in [1.54, 1.807) is 6.07 Å². The van der Waals surface area contributed by atoms with E-state index in [1.165, 1.54) is 0 Å². The summed E-state index contributed by atoms with van der Waals surface area (Å²) >= 11 is 0. The Bertz CT molecular complexity index is 522. The quantitative estimate of drug-likeness (QED) is 0.782. The molecule has 5 nitrogen and oxygen atoms in total. The Kier molecular flexibility index (Phi) is 2.67. The second-order valence-corrected chi connectivity index (χ2v) is 4.00. The lowest BCUT2D eigenvalue weighted by Gasteiger charge is -2.14. The molecular formula is C12H12N2O3. The summed E-state index contributed by atoms with van der Waals surface area (Å²) in [6.07, 6.45) is 1.15. The Morgan fingerprint density at radius 3 is 2.59 bits per heavy atom. The zero-order valence-corrected chi connectivity index (χ0v) is 9.54. The van der Waals surface area contributed by atoms with Crippen LogP contribution in [0.5, 0.6) is 0 Å². The van der Waals surface area contributed by atoms with E-state index in [0.29, 0.717) is 5.69 Å². The fourth-order valence-corrected chi connectivity index (χ4v) is 1.61. The first-order valence-electron chi connectivity index (χ1n) is 5.19. The second kappa shape index (κ2) is 4.01. The third-order valence-corrected chi connectivity index (χ3v) is 2.81. The minimum Gasteiger partial charge on any atom is -0.480 e. The molecular weight excluding hydrogens is 220 g/mol. The summed E-state index contributed by atoms with van der Waals surface area (Å²) in [4.78, 5) is 22.5. The van der Waals surface area contributed by atoms with Gasteiger partial charge in [-0.15, -0.1) is 0 Å². The number of benzene rings is 1. The Morgan fingerprint density at radius 2 is 2.06 bits per heavy atom. The predicted molar refractivity (Wildman–Crippen MR) is 63.0 cm³/mol. The topological polar surface area (TPSA) is 70.0 Å². The predicted octanol–water partition coefficient (Wildman–Crippen LogP) is 1.34. The van der Waals surface area contributed by atoms with Gasteiger partial charge in [-0.05, 0) is 37.1 Å². The third kappa shape index (κ3) is 1.91. The van der Waals surface area contributed by atoms with Gasteiger partial charge in [0.1, 0.15) is 0 Å². The number of anilines is 1. The standard InChI is InChI=1S/C12H12N2O3/c1-7-3-4-9(5-8(7)2)14-11(15)10(6-13-14)12(16)17/h3-6,10H,1-2H3,(H,16,17)/t10-/m1/s1. The lowest BCUT2D eigenvalue weighted by molar-refractivity contribution is -0.142. The van der Waals surface area contributed by atoms with Crippen molar-refractivity contribution in [3.63, 3.8) is 0 Å². The van der Waals surface area contributed by atoms with Gasteiger partial charge in [-0.3, -0.25) is 9.59 Å². The van der Waals surface area contributed by atoms with Crippen molar-refractivity contribution in [2.75, 3.05) is 5.01 Å². The molecule has 0 radical (unpaired) electrons. The van der Waals surface area contributed by atoms with Crippen LogP contribution in [0.25, 0.3) is 0 Å². The number of carbonyl (C=O) groups is 2. The average Bonchev–Trinajstić information content (AvgIpc) is 2.64. The lowest BCUT2D eigenvalue weighted by Crippen LogP contribution is -2.30. The second-order valence-electron chi connectivity index (χ2n) is 4.00. The molecule has 5 heteroatoms. The normalized spacial score (nSPS) is 18.8. The third-order valence-electron chi connectivity index (χ3n) is 2.81. The van der Waals surface area contributed by atoms with E-state index >= 15 is 0 Å². The summed E-state index contributed by atoms with van der Waals surface area (Å²) in [5.41, 5.74) is 2.74. The minimum atomic E-state index is -1.18. The molecule has 0 aliphatic carbocycles. The minimum absolute atomic E-state index is 0.527. The number of aliphatic carboxylic acids is 1. The number of hydrogen-bond donors (Lipinski definition) is 1. The van der Waals surface area contributed by atoms with E-state index in [2.05, 4.69) is 5.10 Å². The fourth-order valence-electron chi connectivity index (χ4n) is 1.61. The van der Waals surface area contributed by atoms with E-state index in [1.807, 2.05) is 26.0 Å². The molecule has 2 rings (SSSR count). The molecule has 1 heterocycles. The highest BCUT2D eigenvalue weighted by atomic mass is 16.4. The van der Waals surface area contributed by atoms with Crippen molar-refractivity contribution in [3.8, 4) is 0 Å². The first-order valence-corrected chi connectivity index (χ1v) is 5.19. The van der Waals surface area contributed by atoms with Gasteiger partial charge in [-0.25, -0.2) is 0 Å². The number of carbonyl (C=O) groups excluding carboxylic acids is 1. The molecule has 1 atom stereocenters. The zero-order valence-electron chi connectivity index (χ0n) is 9.54. The maximum atomic E-state index is 11.8. The first kappa shape index (κ1) is 11.3. The first-order chi connectivity index (χ1) is 8.00. The molecule has 0 aromatic heterocycles. The summed E-state index contributed by atoms with van der Waals surface area (Å²) < 4.78 is 0. The van der Waals surface area contributed by atoms with Crippen molar-refractivity contribution < 1.29 is 14.7 Å². The van der Waals surface area contributed by atoms with Crippen LogP contribution in [0.1, 0.15) is 11.1 Å². The fraction of sp³-hybridized carbons (Fsp3) is 0.250. The molecule has 0 bridgehead atoms. The Hall–Kier alpha value is -2.17. The number of amides is 1. The summed E-state index contributed by atoms with van der Waals surface area (Å²) in [5, 5.41) is 13.8. The van der Waals surface area contributed by atoms with E-state index in [0.717, 1.165) is 22.4 Å². The van der Waals surface area contributed by atoms with Gasteiger partial charge in [-0.2, -0.15) is 10.1 Å². The van der Waals surface area contributed by atoms with Crippen LogP contribution in [0.2, 0.25) is 0 Å². The molecule has 0 fully saturated rings. The summed E-state index contributed by atoms with van der Waals surface area (Å²) in [7, 11) is 0. The largest absolute Gasteiger partial charge is 0.480 e. The summed E-state index contributed by atoms with van der Waals surface area (Å²) in [5.74, 6) is -2.87. The monoisotopic (exact) mass is 232 g/mol. The lowest BCUT2D eigenvalue weighted by atomic mass is 10.1. The highest BCUT2D eigenvalue weighted by molar-refractivity contribution is 6.19. The van der Waals surface area contributed by atoms with Gasteiger partial charge in [0, 0.05) is 6.21 Å². The SMILES string of the molecule is Cc1ccc(N2N=C[C@@H](C(=O)O)C2=O)cc1C. The van der Waals surface area contributed by atoms with Crippen LogP contribution in [-0.2, 0) is 9.59 Å². The van der Waals surface area contributed by atoms with Crippen LogP contribution in [-0.4, -0.2) is 23.2 Å². The molecule has 0 unspecified atom stereocenters. The van der Waals surface area contributed by atoms with Crippen LogP contribution in [0.3, 0.4) is 0 Å². The van der Waals surface area contributed by atoms with Gasteiger partial charge in [0.2, 0.25) is 0 Å². The summed E-state index contributed by atoms with van der Waals surface area (Å²) in [6, 6.07) is 5.44. The summed E-state index contributed by atoms with van der Waals surface area (Å²) in [6.45, 7) is 3.89. The highest BCUT2D eigenvalue weighted by Gasteiger charge is 2.35. The van der Waals surface area contributed by atoms with Gasteiger partial charge in [-0.1, -0.05) is 6.07 Å². The molecule has 1 aromatic carbocycles. The van der Waals surface area contributed by atoms with Gasteiger partial charge in [0.05, 0.1) is 5.69 Å². The number of hydrazone groups is 1. The molecule has 0 saturated heterocycles. The Labute approximate surface area is 98.4 Å². The highest BCUT2D eigenvalue weighted by Crippen LogP contribution is 2.23. The molecule has 0 saturated carbocycles. The maximum Gasteiger partial charge on any atom is 0.321 e. The zero-order chi connectivity index (χ0) is 12.6. The average molecular weight is 232 g/mol. The number of carboxylic acid groups (broad SMARTS) is 1. The molecule has 1 amide bonds. The van der Waals surface area contributed by atoms with E-state index in [4.69, 9.17) is 5.11 Å². The van der Waals surface area contributed by atoms with Crippen molar-refractivity contribution in [3.05, 3.63) is 29.3 Å². The Morgan fingerprint density at radius 1 is 1.35 bits per heavy atom. The number of carboxylic acids is 1. The number of nitrogens with zero attached hydrogens (tertiary/aromatic N) is 2. The molecule has 17 heavy (non-hydrogen) atoms. The molecule has 0 spiro atoms. The van der Waals surface area contributed by atoms with Gasteiger partial charge < -0.3 is 5.11 Å². The molecule has 1 aliphatic heterocycles. The van der Waals surface area contributed by atoms with Crippen molar-refractivity contribution in [2.24, 2.45) is 11.0 Å². The molecule has 1 N–H and O–H groups in total. The van der Waals surface area contributed by atoms with Crippen molar-refractivity contribution in [1.29, 1.82) is 0 Å². The van der Waals surface area contributed by atoms with E-state index in [-0.39, 0.29) is 0 Å². The Balaban J connectivity index is 2.31. The van der Waals surface area contributed by atoms with Crippen molar-refractivity contribution >= 4 is 23.8 Å². The van der Waals surface area contributed by atoms with Crippen molar-refractivity contribution in [2.45, 2.75) is 13.8 Å². The van der Waals surface area contributed by atoms with Crippen LogP contribution in [0.4, 0.5) is 5.69 Å². The van der Waals surface area contributed by atoms with Gasteiger partial charge in [0.15, 0.2) is 5.92 Å². The van der Waals surface area contributed by atoms with Crippen LogP contribution >= 0.6 is 0 Å². The van der Waals surface area contributed by atoms with E-state index in [9.17, 15) is 9.59 Å². The van der Waals surface area contributed by atoms with Crippen molar-refractivity contribution in [1.82, 2.24) is 0 Å². The smallest absolute Gasteiger partial charge is 0.321 e. The number of rotatable bonds is 2. The molecule has 1 aromatic rings. The van der Waals surface area contributed by atoms with Crippen LogP contribution in [0.15, 0.2) is 23.3 Å². The number of aryl methyl sites for hydroxylation is 2. The van der Waals surface area contributed by atoms with Crippen LogP contribution < -0.4 is 5.01 Å². The van der Waals surface area contributed by atoms with E-state index < -0.39 is 17.8 Å². The molecule has 88 valence electrons.